The molecule has 2 aromatic carbocycles. The van der Waals surface area contributed by atoms with Crippen molar-refractivity contribution in [2.75, 3.05) is 11.9 Å². The maximum atomic E-state index is 11.0. The summed E-state index contributed by atoms with van der Waals surface area (Å²) >= 11 is 0. The van der Waals surface area contributed by atoms with Crippen LogP contribution < -0.4 is 40.0 Å². The Labute approximate surface area is 197 Å². The Bertz CT molecular complexity index is 1160. The minimum Gasteiger partial charge on any atom is -0.548 e. The van der Waals surface area contributed by atoms with Gasteiger partial charge in [0.2, 0.25) is 5.95 Å². The Morgan fingerprint density at radius 1 is 1.00 bits per heavy atom. The van der Waals surface area contributed by atoms with Gasteiger partial charge in [-0.2, -0.15) is 0 Å². The number of benzene rings is 2. The number of fused-ring (bicyclic) bond motifs is 2. The second-order valence-electron chi connectivity index (χ2n) is 7.59. The standard InChI is InChI=1S/C22H25N5O2.Na/c1-15(2)11-12-26-18-9-5-3-7-16(18)24-20(26)14-27-19-10-6-4-8-17(19)25-22(27)23-13-21(28)29;/h3-10,15H,11-14H2,1-2H3,(H,23,25)(H,28,29);/q;+1/p-1. The number of hydrogen-bond donors (Lipinski definition) is 1. The number of imidazole rings is 2. The van der Waals surface area contributed by atoms with Crippen molar-refractivity contribution in [3.63, 3.8) is 0 Å². The van der Waals surface area contributed by atoms with Crippen molar-refractivity contribution in [3.05, 3.63) is 54.4 Å². The van der Waals surface area contributed by atoms with Crippen LogP contribution in [0.15, 0.2) is 48.5 Å². The first-order chi connectivity index (χ1) is 14.0. The predicted molar refractivity (Wildman–Crippen MR) is 112 cm³/mol. The number of carboxylic acids is 1. The molecular weight excluding hydrogens is 389 g/mol. The summed E-state index contributed by atoms with van der Waals surface area (Å²) in [5.74, 6) is 0.829. The normalized spacial score (nSPS) is 11.2. The molecule has 0 amide bonds. The SMILES string of the molecule is CC(C)CCn1c(Cn2c(NCC(=O)[O-])nc3ccccc32)nc2ccccc21.[Na+]. The van der Waals surface area contributed by atoms with Crippen LogP contribution in [0.5, 0.6) is 0 Å². The Hall–Kier alpha value is -2.35. The van der Waals surface area contributed by atoms with E-state index in [1.54, 1.807) is 0 Å². The van der Waals surface area contributed by atoms with Gasteiger partial charge in [0, 0.05) is 6.54 Å². The molecule has 0 bridgehead atoms. The first-order valence-corrected chi connectivity index (χ1v) is 9.86. The average Bonchev–Trinajstić information content (AvgIpc) is 3.23. The van der Waals surface area contributed by atoms with Gasteiger partial charge < -0.3 is 24.4 Å². The first kappa shape index (κ1) is 22.3. The van der Waals surface area contributed by atoms with Gasteiger partial charge in [-0.3, -0.25) is 0 Å². The van der Waals surface area contributed by atoms with Crippen molar-refractivity contribution in [1.29, 1.82) is 0 Å². The quantitative estimate of drug-likeness (QED) is 0.399. The molecular formula is C22H24N5NaO2. The molecule has 2 aromatic heterocycles. The average molecular weight is 413 g/mol. The Kier molecular flexibility index (Phi) is 7.18. The Morgan fingerprint density at radius 2 is 1.60 bits per heavy atom. The van der Waals surface area contributed by atoms with Crippen LogP contribution in [0.25, 0.3) is 22.1 Å². The van der Waals surface area contributed by atoms with Crippen LogP contribution in [0.4, 0.5) is 5.95 Å². The van der Waals surface area contributed by atoms with Gasteiger partial charge >= 0.3 is 29.6 Å². The number of rotatable bonds is 8. The minimum absolute atomic E-state index is 0. The fourth-order valence-corrected chi connectivity index (χ4v) is 3.55. The summed E-state index contributed by atoms with van der Waals surface area (Å²) in [6.07, 6.45) is 1.05. The maximum Gasteiger partial charge on any atom is 1.00 e. The number of anilines is 1. The molecule has 4 aromatic rings. The van der Waals surface area contributed by atoms with Gasteiger partial charge in [0.05, 0.1) is 41.1 Å². The van der Waals surface area contributed by atoms with Crippen LogP contribution in [0.1, 0.15) is 26.1 Å². The molecule has 2 heterocycles. The summed E-state index contributed by atoms with van der Waals surface area (Å²) < 4.78 is 4.23. The molecule has 1 N–H and O–H groups in total. The smallest absolute Gasteiger partial charge is 0.548 e. The number of carbonyl (C=O) groups is 1. The number of aromatic nitrogens is 4. The summed E-state index contributed by atoms with van der Waals surface area (Å²) in [6, 6.07) is 15.9. The molecule has 8 heteroatoms. The van der Waals surface area contributed by atoms with Crippen LogP contribution in [0, 0.1) is 5.92 Å². The van der Waals surface area contributed by atoms with Crippen LogP contribution in [0.3, 0.4) is 0 Å². The topological polar surface area (TPSA) is 87.8 Å². The summed E-state index contributed by atoms with van der Waals surface area (Å²) in [7, 11) is 0. The second-order valence-corrected chi connectivity index (χ2v) is 7.59. The van der Waals surface area contributed by atoms with E-state index in [0.29, 0.717) is 18.4 Å². The Balaban J connectivity index is 0.00000256. The van der Waals surface area contributed by atoms with E-state index in [4.69, 9.17) is 4.98 Å². The number of carbonyl (C=O) groups excluding carboxylic acids is 1. The molecule has 4 rings (SSSR count). The van der Waals surface area contributed by atoms with Gasteiger partial charge in [-0.05, 0) is 36.6 Å². The third-order valence-electron chi connectivity index (χ3n) is 5.01. The molecule has 0 spiro atoms. The number of hydrogen-bond acceptors (Lipinski definition) is 5. The van der Waals surface area contributed by atoms with Gasteiger partial charge in [-0.1, -0.05) is 38.1 Å². The molecule has 0 saturated heterocycles. The van der Waals surface area contributed by atoms with Crippen LogP contribution in [-0.2, 0) is 17.9 Å². The van der Waals surface area contributed by atoms with E-state index in [0.717, 1.165) is 40.9 Å². The number of nitrogens with zero attached hydrogens (tertiary/aromatic N) is 4. The van der Waals surface area contributed by atoms with Crippen molar-refractivity contribution in [1.82, 2.24) is 19.1 Å². The zero-order chi connectivity index (χ0) is 20.4. The summed E-state index contributed by atoms with van der Waals surface area (Å²) in [4.78, 5) is 20.4. The van der Waals surface area contributed by atoms with E-state index >= 15 is 0 Å². The van der Waals surface area contributed by atoms with Crippen molar-refractivity contribution in [2.45, 2.75) is 33.4 Å². The van der Waals surface area contributed by atoms with Crippen molar-refractivity contribution in [3.8, 4) is 0 Å². The summed E-state index contributed by atoms with van der Waals surface area (Å²) in [5.41, 5.74) is 3.80. The predicted octanol–water partition coefficient (Wildman–Crippen LogP) is -0.354. The van der Waals surface area contributed by atoms with Crippen LogP contribution >= 0.6 is 0 Å². The monoisotopic (exact) mass is 413 g/mol. The molecule has 7 nitrogen and oxygen atoms in total. The fourth-order valence-electron chi connectivity index (χ4n) is 3.55. The van der Waals surface area contributed by atoms with Gasteiger partial charge in [0.25, 0.3) is 0 Å². The van der Waals surface area contributed by atoms with E-state index < -0.39 is 5.97 Å². The van der Waals surface area contributed by atoms with Crippen molar-refractivity contribution in [2.24, 2.45) is 5.92 Å². The van der Waals surface area contributed by atoms with E-state index in [1.807, 2.05) is 47.0 Å². The number of para-hydroxylation sites is 4. The molecule has 0 aliphatic heterocycles. The van der Waals surface area contributed by atoms with Gasteiger partial charge in [0.15, 0.2) is 0 Å². The van der Waals surface area contributed by atoms with Crippen molar-refractivity contribution >= 4 is 34.0 Å². The largest absolute Gasteiger partial charge is 1.00 e. The zero-order valence-corrected chi connectivity index (χ0v) is 19.6. The molecule has 0 fully saturated rings. The van der Waals surface area contributed by atoms with E-state index in [2.05, 4.69) is 34.8 Å². The van der Waals surface area contributed by atoms with E-state index in [9.17, 15) is 9.90 Å². The van der Waals surface area contributed by atoms with E-state index in [-0.39, 0.29) is 36.1 Å². The van der Waals surface area contributed by atoms with Gasteiger partial charge in [0.1, 0.15) is 5.82 Å². The number of aliphatic carboxylic acids is 1. The van der Waals surface area contributed by atoms with E-state index in [1.165, 1.54) is 0 Å². The second kappa shape index (κ2) is 9.64. The third-order valence-corrected chi connectivity index (χ3v) is 5.01. The van der Waals surface area contributed by atoms with Gasteiger partial charge in [-0.25, -0.2) is 9.97 Å². The number of nitrogens with one attached hydrogen (secondary N) is 1. The third kappa shape index (κ3) is 4.69. The van der Waals surface area contributed by atoms with Crippen LogP contribution in [-0.4, -0.2) is 31.6 Å². The molecule has 0 atom stereocenters. The van der Waals surface area contributed by atoms with Crippen LogP contribution in [0.2, 0.25) is 0 Å². The summed E-state index contributed by atoms with van der Waals surface area (Å²) in [5, 5.41) is 13.8. The first-order valence-electron chi connectivity index (χ1n) is 9.86. The summed E-state index contributed by atoms with van der Waals surface area (Å²) in [6.45, 7) is 5.49. The number of carboxylic acid groups (broad SMARTS) is 1. The van der Waals surface area contributed by atoms with Crippen molar-refractivity contribution < 1.29 is 39.5 Å². The maximum absolute atomic E-state index is 11.0. The molecule has 150 valence electrons. The molecule has 30 heavy (non-hydrogen) atoms. The molecule has 0 unspecified atom stereocenters. The molecule has 0 aliphatic carbocycles. The Morgan fingerprint density at radius 3 is 2.23 bits per heavy atom. The molecule has 0 radical (unpaired) electrons. The minimum atomic E-state index is -1.17. The van der Waals surface area contributed by atoms with Gasteiger partial charge in [-0.15, -0.1) is 0 Å². The molecule has 0 aliphatic rings. The fraction of sp³-hybridized carbons (Fsp3) is 0.318. The molecule has 0 saturated carbocycles. The number of aryl methyl sites for hydroxylation is 1. The zero-order valence-electron chi connectivity index (χ0n) is 17.6.